The van der Waals surface area contributed by atoms with E-state index in [0.29, 0.717) is 12.8 Å². The van der Waals surface area contributed by atoms with E-state index in [-0.39, 0.29) is 18.3 Å². The minimum absolute atomic E-state index is 0.0877. The largest absolute Gasteiger partial charge is 0.406 e. The van der Waals surface area contributed by atoms with Crippen LogP contribution in [-0.2, 0) is 14.3 Å². The second-order valence-corrected chi connectivity index (χ2v) is 17.3. The van der Waals surface area contributed by atoms with Gasteiger partial charge in [-0.15, -0.1) is 0 Å². The Morgan fingerprint density at radius 1 is 0.900 bits per heavy atom. The fourth-order valence-electron chi connectivity index (χ4n) is 4.36. The molecule has 0 atom stereocenters. The van der Waals surface area contributed by atoms with E-state index in [9.17, 15) is 13.5 Å². The summed E-state index contributed by atoms with van der Waals surface area (Å²) in [5, 5.41) is 11.8. The number of hydrogen-bond donors (Lipinski definition) is 1. The van der Waals surface area contributed by atoms with Crippen LogP contribution < -0.4 is 10.4 Å². The molecule has 1 saturated carbocycles. The lowest BCUT2D eigenvalue weighted by Crippen LogP contribution is -2.67. The third-order valence-electron chi connectivity index (χ3n) is 6.45. The Kier molecular flexibility index (Phi) is 6.11. The van der Waals surface area contributed by atoms with Crippen molar-refractivity contribution in [3.05, 3.63) is 60.7 Å². The van der Waals surface area contributed by atoms with Crippen molar-refractivity contribution in [1.29, 1.82) is 0 Å². The van der Waals surface area contributed by atoms with E-state index in [0.717, 1.165) is 10.4 Å². The number of aliphatic hydroxyl groups is 1. The van der Waals surface area contributed by atoms with Gasteiger partial charge < -0.3 is 9.53 Å². The Morgan fingerprint density at radius 3 is 1.67 bits per heavy atom. The molecular formula is C24H34O4SSi. The summed E-state index contributed by atoms with van der Waals surface area (Å²) in [6.07, 6.45) is 1.04. The molecule has 6 heteroatoms. The summed E-state index contributed by atoms with van der Waals surface area (Å²) in [6, 6.07) is 20.4. The zero-order chi connectivity index (χ0) is 22.3. The van der Waals surface area contributed by atoms with Crippen LogP contribution in [-0.4, -0.2) is 44.5 Å². The maximum atomic E-state index is 13.4. The highest BCUT2D eigenvalue weighted by Crippen LogP contribution is 2.48. The average molecular weight is 447 g/mol. The van der Waals surface area contributed by atoms with Gasteiger partial charge in [0, 0.05) is 0 Å². The third kappa shape index (κ3) is 3.68. The first-order valence-corrected chi connectivity index (χ1v) is 13.9. The molecule has 2 aromatic carbocycles. The van der Waals surface area contributed by atoms with E-state index >= 15 is 0 Å². The van der Waals surface area contributed by atoms with Crippen molar-refractivity contribution in [2.45, 2.75) is 62.0 Å². The van der Waals surface area contributed by atoms with Crippen molar-refractivity contribution in [3.8, 4) is 0 Å². The second kappa shape index (κ2) is 7.90. The average Bonchev–Trinajstić information content (AvgIpc) is 3.51. The van der Waals surface area contributed by atoms with Gasteiger partial charge in [0.05, 0.1) is 22.7 Å². The van der Waals surface area contributed by atoms with Gasteiger partial charge in [0.2, 0.25) is 0 Å². The normalized spacial score (nSPS) is 17.0. The maximum absolute atomic E-state index is 13.4. The lowest BCUT2D eigenvalue weighted by molar-refractivity contribution is 0.254. The summed E-state index contributed by atoms with van der Waals surface area (Å²) in [5.41, 5.74) is 0. The zero-order valence-electron chi connectivity index (χ0n) is 18.7. The molecule has 0 bridgehead atoms. The SMILES string of the molecule is CC(C)(C)[Si](OCC(C)(C)S(=O)(=O)C1(CO)CC1)(c1ccccc1)c1ccccc1. The molecule has 1 N–H and O–H groups in total. The number of hydrogen-bond acceptors (Lipinski definition) is 4. The molecule has 0 spiro atoms. The summed E-state index contributed by atoms with van der Waals surface area (Å²) >= 11 is 0. The van der Waals surface area contributed by atoms with E-state index in [1.807, 2.05) is 36.4 Å². The van der Waals surface area contributed by atoms with Gasteiger partial charge in [-0.1, -0.05) is 81.4 Å². The Morgan fingerprint density at radius 2 is 1.33 bits per heavy atom. The minimum atomic E-state index is -3.56. The molecule has 1 aliphatic rings. The highest BCUT2D eigenvalue weighted by molar-refractivity contribution is 7.94. The molecule has 3 rings (SSSR count). The lowest BCUT2D eigenvalue weighted by atomic mass is 10.2. The van der Waals surface area contributed by atoms with E-state index in [2.05, 4.69) is 45.0 Å². The highest BCUT2D eigenvalue weighted by Gasteiger charge is 2.60. The van der Waals surface area contributed by atoms with Crippen LogP contribution in [0.4, 0.5) is 0 Å². The number of rotatable bonds is 8. The predicted octanol–water partition coefficient (Wildman–Crippen LogP) is 3.28. The van der Waals surface area contributed by atoms with Crippen molar-refractivity contribution in [2.24, 2.45) is 0 Å². The van der Waals surface area contributed by atoms with Crippen LogP contribution in [0.3, 0.4) is 0 Å². The topological polar surface area (TPSA) is 63.6 Å². The molecular weight excluding hydrogens is 412 g/mol. The second-order valence-electron chi connectivity index (χ2n) is 10.1. The van der Waals surface area contributed by atoms with Crippen LogP contribution in [0.15, 0.2) is 60.7 Å². The van der Waals surface area contributed by atoms with E-state index in [4.69, 9.17) is 4.43 Å². The molecule has 1 aliphatic carbocycles. The Hall–Kier alpha value is -1.47. The maximum Gasteiger partial charge on any atom is 0.261 e. The van der Waals surface area contributed by atoms with Gasteiger partial charge in [-0.05, 0) is 42.1 Å². The molecule has 0 aliphatic heterocycles. The predicted molar refractivity (Wildman–Crippen MR) is 126 cm³/mol. The molecule has 4 nitrogen and oxygen atoms in total. The van der Waals surface area contributed by atoms with Crippen molar-refractivity contribution in [2.75, 3.05) is 13.2 Å². The van der Waals surface area contributed by atoms with E-state index < -0.39 is 27.6 Å². The van der Waals surface area contributed by atoms with E-state index in [1.165, 1.54) is 0 Å². The molecule has 0 amide bonds. The molecule has 0 aromatic heterocycles. The number of sulfone groups is 1. The Balaban J connectivity index is 2.08. The summed E-state index contributed by atoms with van der Waals surface area (Å²) in [7, 11) is -6.38. The van der Waals surface area contributed by atoms with Crippen molar-refractivity contribution >= 4 is 28.5 Å². The van der Waals surface area contributed by atoms with Gasteiger partial charge in [-0.3, -0.25) is 0 Å². The van der Waals surface area contributed by atoms with Crippen molar-refractivity contribution in [3.63, 3.8) is 0 Å². The van der Waals surface area contributed by atoms with Crippen LogP contribution in [0, 0.1) is 0 Å². The number of benzene rings is 2. The van der Waals surface area contributed by atoms with Crippen molar-refractivity contribution in [1.82, 2.24) is 0 Å². The van der Waals surface area contributed by atoms with Crippen LogP contribution in [0.25, 0.3) is 0 Å². The molecule has 0 heterocycles. The molecule has 164 valence electrons. The van der Waals surface area contributed by atoms with Crippen LogP contribution in [0.5, 0.6) is 0 Å². The van der Waals surface area contributed by atoms with Gasteiger partial charge in [0.15, 0.2) is 9.84 Å². The molecule has 0 saturated heterocycles. The third-order valence-corrected chi connectivity index (χ3v) is 14.7. The Labute approximate surface area is 182 Å². The van der Waals surface area contributed by atoms with Gasteiger partial charge in [-0.25, -0.2) is 8.42 Å². The zero-order valence-corrected chi connectivity index (χ0v) is 20.5. The molecule has 2 aromatic rings. The first kappa shape index (κ1) is 23.2. The number of aliphatic hydroxyl groups excluding tert-OH is 1. The summed E-state index contributed by atoms with van der Waals surface area (Å²) < 4.78 is 31.5. The quantitative estimate of drug-likeness (QED) is 0.632. The summed E-state index contributed by atoms with van der Waals surface area (Å²) in [5.74, 6) is 0. The first-order valence-electron chi connectivity index (χ1n) is 10.5. The molecule has 1 fully saturated rings. The van der Waals surface area contributed by atoms with E-state index in [1.54, 1.807) is 13.8 Å². The van der Waals surface area contributed by atoms with Gasteiger partial charge in [0.1, 0.15) is 0 Å². The smallest absolute Gasteiger partial charge is 0.261 e. The highest BCUT2D eigenvalue weighted by atomic mass is 32.2. The Bertz CT molecular complexity index is 920. The van der Waals surface area contributed by atoms with Crippen LogP contribution in [0.2, 0.25) is 5.04 Å². The monoisotopic (exact) mass is 446 g/mol. The van der Waals surface area contributed by atoms with Crippen LogP contribution in [0.1, 0.15) is 47.5 Å². The lowest BCUT2D eigenvalue weighted by Gasteiger charge is -2.44. The summed E-state index contributed by atoms with van der Waals surface area (Å²) in [4.78, 5) is 0. The summed E-state index contributed by atoms with van der Waals surface area (Å²) in [6.45, 7) is 9.76. The van der Waals surface area contributed by atoms with Gasteiger partial charge in [0.25, 0.3) is 8.32 Å². The minimum Gasteiger partial charge on any atom is -0.406 e. The van der Waals surface area contributed by atoms with Crippen LogP contribution >= 0.6 is 0 Å². The molecule has 30 heavy (non-hydrogen) atoms. The first-order chi connectivity index (χ1) is 13.9. The fraction of sp³-hybridized carbons (Fsp3) is 0.500. The molecule has 0 unspecified atom stereocenters. The molecule has 0 radical (unpaired) electrons. The standard InChI is InChI=1S/C24H34O4SSi/c1-22(2,3)30(20-12-8-6-9-13-20,21-14-10-7-11-15-21)28-19-23(4,5)29(26,27)24(18-25)16-17-24/h6-15,25H,16-19H2,1-5H3. The van der Waals surface area contributed by atoms with Crippen molar-refractivity contribution < 1.29 is 18.0 Å². The van der Waals surface area contributed by atoms with Gasteiger partial charge in [-0.2, -0.15) is 0 Å². The van der Waals surface area contributed by atoms with Gasteiger partial charge >= 0.3 is 0 Å². The fourth-order valence-corrected chi connectivity index (χ4v) is 11.4.